The van der Waals surface area contributed by atoms with Crippen LogP contribution in [-0.2, 0) is 24.3 Å². The van der Waals surface area contributed by atoms with Crippen LogP contribution in [0.15, 0.2) is 57.0 Å². The van der Waals surface area contributed by atoms with E-state index in [0.717, 1.165) is 16.9 Å². The number of hydrogen-bond acceptors (Lipinski definition) is 8. The second kappa shape index (κ2) is 9.55. The molecule has 0 saturated carbocycles. The van der Waals surface area contributed by atoms with Gasteiger partial charge in [0.15, 0.2) is 16.7 Å². The number of thioether (sulfide) groups is 1. The Labute approximate surface area is 203 Å². The Hall–Kier alpha value is -3.24. The lowest BCUT2D eigenvalue weighted by Gasteiger charge is -2.15. The third-order valence-corrected chi connectivity index (χ3v) is 7.73. The molecule has 0 unspecified atom stereocenters. The number of nitrogens with zero attached hydrogens (tertiary/aromatic N) is 2. The van der Waals surface area contributed by atoms with E-state index < -0.39 is 5.25 Å². The summed E-state index contributed by atoms with van der Waals surface area (Å²) in [5.41, 5.74) is 0.780. The Morgan fingerprint density at radius 2 is 2.12 bits per heavy atom. The molecule has 176 valence electrons. The molecule has 1 amide bonds. The number of ether oxygens (including phenoxy) is 2. The van der Waals surface area contributed by atoms with E-state index >= 15 is 0 Å². The fourth-order valence-corrected chi connectivity index (χ4v) is 5.55. The summed E-state index contributed by atoms with van der Waals surface area (Å²) in [4.78, 5) is 32.7. The van der Waals surface area contributed by atoms with Crippen molar-refractivity contribution in [1.82, 2.24) is 14.9 Å². The first-order valence-electron chi connectivity index (χ1n) is 10.9. The molecule has 1 aliphatic heterocycles. The molecule has 8 nitrogen and oxygen atoms in total. The van der Waals surface area contributed by atoms with E-state index in [-0.39, 0.29) is 24.8 Å². The van der Waals surface area contributed by atoms with Crippen molar-refractivity contribution in [3.63, 3.8) is 0 Å². The molecule has 5 rings (SSSR count). The lowest BCUT2D eigenvalue weighted by Crippen LogP contribution is -2.31. The Morgan fingerprint density at radius 3 is 2.91 bits per heavy atom. The SMILES string of the molecule is CCc1cc2c(=O)n(Cc3ccco3)c(S[C@H](C)C(=O)NCc3ccc4c(c3)OCO4)nc2s1. The van der Waals surface area contributed by atoms with Crippen LogP contribution in [0.25, 0.3) is 10.2 Å². The maximum Gasteiger partial charge on any atom is 0.263 e. The summed E-state index contributed by atoms with van der Waals surface area (Å²) in [5, 5.41) is 3.57. The highest BCUT2D eigenvalue weighted by molar-refractivity contribution is 8.00. The maximum absolute atomic E-state index is 13.3. The van der Waals surface area contributed by atoms with Crippen molar-refractivity contribution in [2.24, 2.45) is 0 Å². The van der Waals surface area contributed by atoms with Gasteiger partial charge in [-0.2, -0.15) is 0 Å². The van der Waals surface area contributed by atoms with Gasteiger partial charge in [0.2, 0.25) is 12.7 Å². The predicted octanol–water partition coefficient (Wildman–Crippen LogP) is 4.19. The molecule has 0 fully saturated rings. The fourth-order valence-electron chi connectivity index (χ4n) is 3.60. The van der Waals surface area contributed by atoms with Crippen molar-refractivity contribution >= 4 is 39.2 Å². The normalized spacial score (nSPS) is 13.4. The summed E-state index contributed by atoms with van der Waals surface area (Å²) in [6, 6.07) is 11.1. The van der Waals surface area contributed by atoms with Crippen molar-refractivity contribution in [3.8, 4) is 11.5 Å². The molecule has 0 saturated heterocycles. The molecule has 0 spiro atoms. The minimum atomic E-state index is -0.466. The van der Waals surface area contributed by atoms with Gasteiger partial charge in [0.25, 0.3) is 5.56 Å². The van der Waals surface area contributed by atoms with Gasteiger partial charge in [-0.1, -0.05) is 24.8 Å². The standard InChI is InChI=1S/C24H23N3O5S2/c1-3-17-10-18-22(34-17)26-24(27(23(18)29)12-16-5-4-8-30-16)33-14(2)21(28)25-11-15-6-7-19-20(9-15)32-13-31-19/h4-10,14H,3,11-13H2,1-2H3,(H,25,28)/t14-/m1/s1. The maximum atomic E-state index is 13.3. The smallest absolute Gasteiger partial charge is 0.263 e. The number of nitrogens with one attached hydrogen (secondary N) is 1. The van der Waals surface area contributed by atoms with Gasteiger partial charge in [-0.15, -0.1) is 11.3 Å². The van der Waals surface area contributed by atoms with Crippen LogP contribution < -0.4 is 20.3 Å². The van der Waals surface area contributed by atoms with Crippen molar-refractivity contribution in [2.45, 2.75) is 43.8 Å². The first-order chi connectivity index (χ1) is 16.5. The van der Waals surface area contributed by atoms with Gasteiger partial charge < -0.3 is 19.2 Å². The molecule has 1 aliphatic rings. The summed E-state index contributed by atoms with van der Waals surface area (Å²) in [5.74, 6) is 1.88. The molecule has 1 N–H and O–H groups in total. The molecule has 4 aromatic rings. The van der Waals surface area contributed by atoms with E-state index in [1.165, 1.54) is 23.1 Å². The fraction of sp³-hybridized carbons (Fsp3) is 0.292. The summed E-state index contributed by atoms with van der Waals surface area (Å²) in [6.45, 7) is 4.67. The molecule has 10 heteroatoms. The van der Waals surface area contributed by atoms with Gasteiger partial charge in [0, 0.05) is 11.4 Å². The number of fused-ring (bicyclic) bond motifs is 2. The highest BCUT2D eigenvalue weighted by Gasteiger charge is 2.21. The van der Waals surface area contributed by atoms with Crippen LogP contribution in [0, 0.1) is 0 Å². The molecule has 3 aromatic heterocycles. The van der Waals surface area contributed by atoms with Gasteiger partial charge in [0.05, 0.1) is 23.4 Å². The van der Waals surface area contributed by atoms with E-state index in [9.17, 15) is 9.59 Å². The summed E-state index contributed by atoms with van der Waals surface area (Å²) >= 11 is 2.77. The average molecular weight is 498 g/mol. The Balaban J connectivity index is 1.35. The first-order valence-corrected chi connectivity index (χ1v) is 12.6. The van der Waals surface area contributed by atoms with E-state index in [1.54, 1.807) is 23.8 Å². The van der Waals surface area contributed by atoms with Crippen LogP contribution in [0.2, 0.25) is 0 Å². The number of hydrogen-bond donors (Lipinski definition) is 1. The second-order valence-electron chi connectivity index (χ2n) is 7.82. The summed E-state index contributed by atoms with van der Waals surface area (Å²) in [7, 11) is 0. The van der Waals surface area contributed by atoms with Crippen LogP contribution in [0.1, 0.15) is 30.0 Å². The zero-order chi connectivity index (χ0) is 23.7. The van der Waals surface area contributed by atoms with Gasteiger partial charge in [-0.3, -0.25) is 14.2 Å². The number of rotatable bonds is 8. The highest BCUT2D eigenvalue weighted by atomic mass is 32.2. The summed E-state index contributed by atoms with van der Waals surface area (Å²) < 4.78 is 17.8. The first kappa shape index (κ1) is 22.5. The van der Waals surface area contributed by atoms with Crippen LogP contribution in [0.5, 0.6) is 11.5 Å². The van der Waals surface area contributed by atoms with Gasteiger partial charge in [-0.25, -0.2) is 4.98 Å². The van der Waals surface area contributed by atoms with E-state index in [0.29, 0.717) is 39.2 Å². The van der Waals surface area contributed by atoms with Crippen LogP contribution in [-0.4, -0.2) is 27.5 Å². The zero-order valence-electron chi connectivity index (χ0n) is 18.7. The Morgan fingerprint density at radius 1 is 1.26 bits per heavy atom. The zero-order valence-corrected chi connectivity index (χ0v) is 20.3. The lowest BCUT2D eigenvalue weighted by atomic mass is 10.2. The van der Waals surface area contributed by atoms with Crippen molar-refractivity contribution < 1.29 is 18.7 Å². The molecule has 34 heavy (non-hydrogen) atoms. The molecular formula is C24H23N3O5S2. The minimum absolute atomic E-state index is 0.132. The van der Waals surface area contributed by atoms with Crippen molar-refractivity contribution in [2.75, 3.05) is 6.79 Å². The Kier molecular flexibility index (Phi) is 6.34. The molecule has 0 aliphatic carbocycles. The van der Waals surface area contributed by atoms with Crippen LogP contribution in [0.3, 0.4) is 0 Å². The molecular weight excluding hydrogens is 474 g/mol. The van der Waals surface area contributed by atoms with Crippen LogP contribution in [0.4, 0.5) is 0 Å². The second-order valence-corrected chi connectivity index (χ2v) is 10.2. The van der Waals surface area contributed by atoms with Gasteiger partial charge in [0.1, 0.15) is 10.6 Å². The van der Waals surface area contributed by atoms with E-state index in [2.05, 4.69) is 5.32 Å². The third-order valence-electron chi connectivity index (χ3n) is 5.46. The number of furan rings is 1. The average Bonchev–Trinajstić information content (AvgIpc) is 3.60. The number of aryl methyl sites for hydroxylation is 1. The highest BCUT2D eigenvalue weighted by Crippen LogP contribution is 2.32. The number of benzene rings is 1. The van der Waals surface area contributed by atoms with Gasteiger partial charge >= 0.3 is 0 Å². The number of amides is 1. The Bertz CT molecular complexity index is 1390. The monoisotopic (exact) mass is 497 g/mol. The molecule has 0 bridgehead atoms. The topological polar surface area (TPSA) is 95.6 Å². The van der Waals surface area contributed by atoms with Crippen molar-refractivity contribution in [3.05, 3.63) is 69.2 Å². The van der Waals surface area contributed by atoms with E-state index in [4.69, 9.17) is 18.9 Å². The number of carbonyl (C=O) groups is 1. The lowest BCUT2D eigenvalue weighted by molar-refractivity contribution is -0.120. The number of carbonyl (C=O) groups excluding carboxylic acids is 1. The third kappa shape index (κ3) is 4.55. The number of aromatic nitrogens is 2. The number of thiophene rings is 1. The van der Waals surface area contributed by atoms with Crippen molar-refractivity contribution in [1.29, 1.82) is 0 Å². The van der Waals surface area contributed by atoms with E-state index in [1.807, 2.05) is 37.3 Å². The molecule has 1 aromatic carbocycles. The van der Waals surface area contributed by atoms with Crippen LogP contribution >= 0.6 is 23.1 Å². The quantitative estimate of drug-likeness (QED) is 0.288. The molecule has 4 heterocycles. The predicted molar refractivity (Wildman–Crippen MR) is 131 cm³/mol. The van der Waals surface area contributed by atoms with Gasteiger partial charge in [-0.05, 0) is 49.2 Å². The largest absolute Gasteiger partial charge is 0.467 e. The summed E-state index contributed by atoms with van der Waals surface area (Å²) in [6.07, 6.45) is 2.41. The molecule has 0 radical (unpaired) electrons. The molecule has 1 atom stereocenters. The minimum Gasteiger partial charge on any atom is -0.467 e.